The van der Waals surface area contributed by atoms with E-state index in [0.717, 1.165) is 41.0 Å². The van der Waals surface area contributed by atoms with Crippen molar-refractivity contribution in [2.24, 2.45) is 5.92 Å². The second kappa shape index (κ2) is 10.9. The molecular weight excluding hydrogens is 426 g/mol. The summed E-state index contributed by atoms with van der Waals surface area (Å²) in [6.45, 7) is 12.4. The maximum atomic E-state index is 13.2. The lowest BCUT2D eigenvalue weighted by molar-refractivity contribution is -0.155. The quantitative estimate of drug-likeness (QED) is 0.370. The molecule has 0 bridgehead atoms. The topological polar surface area (TPSA) is 64.4 Å². The zero-order valence-electron chi connectivity index (χ0n) is 21.3. The van der Waals surface area contributed by atoms with Gasteiger partial charge in [-0.15, -0.1) is 0 Å². The fourth-order valence-electron chi connectivity index (χ4n) is 3.98. The number of anilines is 1. The van der Waals surface area contributed by atoms with Crippen molar-refractivity contribution in [1.82, 2.24) is 9.55 Å². The van der Waals surface area contributed by atoms with Gasteiger partial charge in [-0.1, -0.05) is 51.1 Å². The molecule has 0 N–H and O–H groups in total. The zero-order chi connectivity index (χ0) is 24.9. The predicted molar refractivity (Wildman–Crippen MR) is 137 cm³/mol. The number of benzene rings is 2. The average molecular weight is 464 g/mol. The minimum absolute atomic E-state index is 0.0835. The summed E-state index contributed by atoms with van der Waals surface area (Å²) >= 11 is 0. The van der Waals surface area contributed by atoms with Crippen LogP contribution >= 0.6 is 0 Å². The molecule has 6 heteroatoms. The molecule has 3 aromatic rings. The maximum absolute atomic E-state index is 13.2. The highest BCUT2D eigenvalue weighted by Gasteiger charge is 2.22. The number of imidazole rings is 1. The lowest BCUT2D eigenvalue weighted by Gasteiger charge is -2.24. The number of aryl methyl sites for hydroxylation is 1. The Labute approximate surface area is 202 Å². The van der Waals surface area contributed by atoms with Gasteiger partial charge >= 0.3 is 5.97 Å². The first-order valence-electron chi connectivity index (χ1n) is 12.1. The first-order chi connectivity index (χ1) is 16.1. The van der Waals surface area contributed by atoms with Gasteiger partial charge in [-0.2, -0.15) is 0 Å². The fraction of sp³-hybridized carbons (Fsp3) is 0.464. The number of hydrogen-bond donors (Lipinski definition) is 0. The van der Waals surface area contributed by atoms with Gasteiger partial charge in [0.15, 0.2) is 0 Å². The van der Waals surface area contributed by atoms with Crippen molar-refractivity contribution in [2.75, 3.05) is 4.90 Å². The van der Waals surface area contributed by atoms with Gasteiger partial charge in [0.05, 0.1) is 17.6 Å². The summed E-state index contributed by atoms with van der Waals surface area (Å²) in [7, 11) is 0. The Morgan fingerprint density at radius 2 is 1.79 bits per heavy atom. The standard InChI is InChI=1S/C28H37N3O3/c1-7-11-25-29-23-17-22(14-15-24(23)31(25)19-27(33)34-28(4,5)6)30(26(32)16-20(2)3)18-21-12-9-8-10-13-21/h8-10,12-15,17,20H,7,11,16,18-19H2,1-6H3. The second-order valence-corrected chi connectivity index (χ2v) is 10.2. The van der Waals surface area contributed by atoms with Crippen molar-refractivity contribution in [2.45, 2.75) is 79.5 Å². The largest absolute Gasteiger partial charge is 0.459 e. The normalized spacial score (nSPS) is 11.7. The van der Waals surface area contributed by atoms with Gasteiger partial charge in [0.1, 0.15) is 18.0 Å². The molecule has 0 saturated carbocycles. The number of hydrogen-bond acceptors (Lipinski definition) is 4. The Balaban J connectivity index is 1.99. The average Bonchev–Trinajstić information content (AvgIpc) is 3.07. The highest BCUT2D eigenvalue weighted by molar-refractivity contribution is 5.95. The van der Waals surface area contributed by atoms with Crippen LogP contribution < -0.4 is 4.90 Å². The van der Waals surface area contributed by atoms with Crippen molar-refractivity contribution >= 4 is 28.6 Å². The summed E-state index contributed by atoms with van der Waals surface area (Å²) in [5.74, 6) is 0.911. The molecule has 0 spiro atoms. The van der Waals surface area contributed by atoms with E-state index in [0.29, 0.717) is 13.0 Å². The summed E-state index contributed by atoms with van der Waals surface area (Å²) in [5, 5.41) is 0. The van der Waals surface area contributed by atoms with Crippen LogP contribution in [0.3, 0.4) is 0 Å². The van der Waals surface area contributed by atoms with E-state index >= 15 is 0 Å². The molecular formula is C28H37N3O3. The molecule has 0 radical (unpaired) electrons. The van der Waals surface area contributed by atoms with Crippen molar-refractivity contribution in [3.63, 3.8) is 0 Å². The molecule has 0 atom stereocenters. The molecule has 6 nitrogen and oxygen atoms in total. The number of carbonyl (C=O) groups excluding carboxylic acids is 2. The molecule has 3 rings (SSSR count). The number of rotatable bonds is 9. The van der Waals surface area contributed by atoms with Crippen molar-refractivity contribution in [3.05, 3.63) is 59.9 Å². The Hall–Kier alpha value is -3.15. The summed E-state index contributed by atoms with van der Waals surface area (Å²) in [6.07, 6.45) is 2.14. The van der Waals surface area contributed by atoms with Crippen LogP contribution in [0.15, 0.2) is 48.5 Å². The summed E-state index contributed by atoms with van der Waals surface area (Å²) in [4.78, 5) is 32.4. The van der Waals surface area contributed by atoms with E-state index in [9.17, 15) is 9.59 Å². The lowest BCUT2D eigenvalue weighted by Crippen LogP contribution is -2.31. The number of aromatic nitrogens is 2. The van der Waals surface area contributed by atoms with E-state index in [4.69, 9.17) is 9.72 Å². The Kier molecular flexibility index (Phi) is 8.13. The number of nitrogens with zero attached hydrogens (tertiary/aromatic N) is 3. The van der Waals surface area contributed by atoms with Crippen LogP contribution in [0.25, 0.3) is 11.0 Å². The predicted octanol–water partition coefficient (Wildman–Crippen LogP) is 5.91. The van der Waals surface area contributed by atoms with E-state index < -0.39 is 5.60 Å². The van der Waals surface area contributed by atoms with Crippen LogP contribution in [0.1, 0.15) is 65.8 Å². The first-order valence-corrected chi connectivity index (χ1v) is 12.1. The number of esters is 1. The van der Waals surface area contributed by atoms with Crippen molar-refractivity contribution in [1.29, 1.82) is 0 Å². The number of carbonyl (C=O) groups is 2. The van der Waals surface area contributed by atoms with Gasteiger partial charge in [-0.25, -0.2) is 4.98 Å². The van der Waals surface area contributed by atoms with Crippen LogP contribution in [-0.4, -0.2) is 27.0 Å². The second-order valence-electron chi connectivity index (χ2n) is 10.2. The van der Waals surface area contributed by atoms with Crippen LogP contribution in [0.2, 0.25) is 0 Å². The van der Waals surface area contributed by atoms with E-state index in [1.807, 2.05) is 78.8 Å². The van der Waals surface area contributed by atoms with Crippen LogP contribution in [0, 0.1) is 5.92 Å². The maximum Gasteiger partial charge on any atom is 0.326 e. The minimum atomic E-state index is -0.541. The van der Waals surface area contributed by atoms with Gasteiger partial charge in [-0.3, -0.25) is 9.59 Å². The SMILES string of the molecule is CCCc1nc2cc(N(Cc3ccccc3)C(=O)CC(C)C)ccc2n1CC(=O)OC(C)(C)C. The first kappa shape index (κ1) is 25.5. The van der Waals surface area contributed by atoms with E-state index in [1.54, 1.807) is 0 Å². The van der Waals surface area contributed by atoms with Crippen LogP contribution in [-0.2, 0) is 33.8 Å². The smallest absolute Gasteiger partial charge is 0.326 e. The molecule has 0 fully saturated rings. The van der Waals surface area contributed by atoms with E-state index in [2.05, 4.69) is 20.8 Å². The summed E-state index contributed by atoms with van der Waals surface area (Å²) in [6, 6.07) is 15.9. The van der Waals surface area contributed by atoms with Gasteiger partial charge in [-0.05, 0) is 56.9 Å². The summed E-state index contributed by atoms with van der Waals surface area (Å²) < 4.78 is 7.49. The monoisotopic (exact) mass is 463 g/mol. The summed E-state index contributed by atoms with van der Waals surface area (Å²) in [5.41, 5.74) is 2.99. The molecule has 0 saturated heterocycles. The molecule has 182 valence electrons. The number of amides is 1. The molecule has 0 unspecified atom stereocenters. The van der Waals surface area contributed by atoms with Crippen LogP contribution in [0.4, 0.5) is 5.69 Å². The zero-order valence-corrected chi connectivity index (χ0v) is 21.3. The Bertz CT molecular complexity index is 1130. The third-order valence-electron chi connectivity index (χ3n) is 5.37. The highest BCUT2D eigenvalue weighted by atomic mass is 16.6. The molecule has 1 heterocycles. The third kappa shape index (κ3) is 6.69. The third-order valence-corrected chi connectivity index (χ3v) is 5.37. The number of fused-ring (bicyclic) bond motifs is 1. The highest BCUT2D eigenvalue weighted by Crippen LogP contribution is 2.27. The Morgan fingerprint density at radius 3 is 2.41 bits per heavy atom. The molecule has 34 heavy (non-hydrogen) atoms. The molecule has 0 aliphatic carbocycles. The number of ether oxygens (including phenoxy) is 1. The molecule has 1 amide bonds. The lowest BCUT2D eigenvalue weighted by atomic mass is 10.1. The minimum Gasteiger partial charge on any atom is -0.459 e. The molecule has 2 aromatic carbocycles. The van der Waals surface area contributed by atoms with Gasteiger partial charge in [0, 0.05) is 18.5 Å². The molecule has 0 aliphatic rings. The fourth-order valence-corrected chi connectivity index (χ4v) is 3.98. The molecule has 1 aromatic heterocycles. The van der Waals surface area contributed by atoms with Crippen molar-refractivity contribution in [3.8, 4) is 0 Å². The molecule has 0 aliphatic heterocycles. The van der Waals surface area contributed by atoms with Gasteiger partial charge in [0.2, 0.25) is 5.91 Å². The van der Waals surface area contributed by atoms with Crippen LogP contribution in [0.5, 0.6) is 0 Å². The van der Waals surface area contributed by atoms with Gasteiger partial charge in [0.25, 0.3) is 0 Å². The van der Waals surface area contributed by atoms with E-state index in [-0.39, 0.29) is 24.3 Å². The van der Waals surface area contributed by atoms with Crippen molar-refractivity contribution < 1.29 is 14.3 Å². The van der Waals surface area contributed by atoms with E-state index in [1.165, 1.54) is 0 Å². The van der Waals surface area contributed by atoms with Gasteiger partial charge < -0.3 is 14.2 Å². The Morgan fingerprint density at radius 1 is 1.09 bits per heavy atom.